The average molecular weight is 200 g/mol. The van der Waals surface area contributed by atoms with Crippen molar-refractivity contribution in [1.82, 2.24) is 0 Å². The van der Waals surface area contributed by atoms with Crippen molar-refractivity contribution >= 4 is 11.9 Å². The highest BCUT2D eigenvalue weighted by atomic mass is 16.4. The highest BCUT2D eigenvalue weighted by Gasteiger charge is 2.30. The molecule has 80 valence electrons. The van der Waals surface area contributed by atoms with E-state index in [0.717, 1.165) is 12.8 Å². The molecule has 1 fully saturated rings. The van der Waals surface area contributed by atoms with Crippen molar-refractivity contribution < 1.29 is 19.8 Å². The summed E-state index contributed by atoms with van der Waals surface area (Å²) in [7, 11) is 0. The molecule has 4 heteroatoms. The second-order valence-electron chi connectivity index (χ2n) is 3.96. The summed E-state index contributed by atoms with van der Waals surface area (Å²) in [5.41, 5.74) is 0. The lowest BCUT2D eigenvalue weighted by Gasteiger charge is -2.36. The Balaban J connectivity index is 2.15. The number of rotatable bonds is 6. The van der Waals surface area contributed by atoms with Crippen LogP contribution in [0.4, 0.5) is 0 Å². The number of carboxylic acids is 2. The molecule has 0 aromatic rings. The van der Waals surface area contributed by atoms with Gasteiger partial charge in [-0.2, -0.15) is 0 Å². The number of aliphatic carboxylic acids is 2. The maximum absolute atomic E-state index is 10.3. The molecule has 0 saturated heterocycles. The molecular formula is C10H16O4. The number of hydrogen-bond donors (Lipinski definition) is 2. The zero-order valence-electron chi connectivity index (χ0n) is 8.11. The Morgan fingerprint density at radius 3 is 1.50 bits per heavy atom. The molecule has 0 bridgehead atoms. The molecule has 4 nitrogen and oxygen atoms in total. The Bertz CT molecular complexity index is 200. The summed E-state index contributed by atoms with van der Waals surface area (Å²) in [5, 5.41) is 17.0. The Morgan fingerprint density at radius 1 is 0.929 bits per heavy atom. The van der Waals surface area contributed by atoms with Crippen LogP contribution in [-0.4, -0.2) is 22.2 Å². The summed E-state index contributed by atoms with van der Waals surface area (Å²) in [4.78, 5) is 20.6. The number of carbonyl (C=O) groups is 2. The topological polar surface area (TPSA) is 74.6 Å². The van der Waals surface area contributed by atoms with E-state index in [0.29, 0.717) is 24.7 Å². The first-order chi connectivity index (χ1) is 6.59. The molecule has 0 amide bonds. The molecule has 1 rings (SSSR count). The Hall–Kier alpha value is -1.06. The molecule has 0 aliphatic heterocycles. The Morgan fingerprint density at radius 2 is 1.29 bits per heavy atom. The van der Waals surface area contributed by atoms with Gasteiger partial charge < -0.3 is 10.2 Å². The summed E-state index contributed by atoms with van der Waals surface area (Å²) in [6.45, 7) is 0. The predicted octanol–water partition coefficient (Wildman–Crippen LogP) is 1.74. The molecule has 1 saturated carbocycles. The van der Waals surface area contributed by atoms with Gasteiger partial charge >= 0.3 is 11.9 Å². The molecule has 0 spiro atoms. The maximum Gasteiger partial charge on any atom is 0.303 e. The first-order valence-electron chi connectivity index (χ1n) is 5.03. The molecule has 0 heterocycles. The Kier molecular flexibility index (Phi) is 3.92. The molecular weight excluding hydrogens is 184 g/mol. The smallest absolute Gasteiger partial charge is 0.303 e. The second kappa shape index (κ2) is 4.98. The van der Waals surface area contributed by atoms with E-state index in [-0.39, 0.29) is 12.8 Å². The minimum absolute atomic E-state index is 0.217. The molecule has 0 radical (unpaired) electrons. The first kappa shape index (κ1) is 11.0. The average Bonchev–Trinajstić information content (AvgIpc) is 2.01. The molecule has 14 heavy (non-hydrogen) atoms. The van der Waals surface area contributed by atoms with Crippen LogP contribution in [0.5, 0.6) is 0 Å². The highest BCUT2D eigenvalue weighted by Crippen LogP contribution is 2.40. The predicted molar refractivity (Wildman–Crippen MR) is 50.0 cm³/mol. The van der Waals surface area contributed by atoms with Crippen LogP contribution in [0, 0.1) is 11.8 Å². The SMILES string of the molecule is O=C(O)CCC1CCC1CCC(=O)O. The van der Waals surface area contributed by atoms with Gasteiger partial charge in [0.2, 0.25) is 0 Å². The second-order valence-corrected chi connectivity index (χ2v) is 3.96. The van der Waals surface area contributed by atoms with Crippen molar-refractivity contribution in [2.75, 3.05) is 0 Å². The minimum Gasteiger partial charge on any atom is -0.481 e. The van der Waals surface area contributed by atoms with Gasteiger partial charge in [0.05, 0.1) is 0 Å². The fraction of sp³-hybridized carbons (Fsp3) is 0.800. The van der Waals surface area contributed by atoms with Gasteiger partial charge in [-0.15, -0.1) is 0 Å². The largest absolute Gasteiger partial charge is 0.481 e. The first-order valence-corrected chi connectivity index (χ1v) is 5.03. The maximum atomic E-state index is 10.3. The fourth-order valence-corrected chi connectivity index (χ4v) is 2.02. The summed E-state index contributed by atoms with van der Waals surface area (Å²) < 4.78 is 0. The van der Waals surface area contributed by atoms with E-state index in [9.17, 15) is 9.59 Å². The lowest BCUT2D eigenvalue weighted by Crippen LogP contribution is -2.27. The van der Waals surface area contributed by atoms with Gasteiger partial charge in [0.1, 0.15) is 0 Å². The summed E-state index contributed by atoms with van der Waals surface area (Å²) in [6.07, 6.45) is 3.98. The van der Waals surface area contributed by atoms with Crippen LogP contribution in [-0.2, 0) is 9.59 Å². The van der Waals surface area contributed by atoms with E-state index >= 15 is 0 Å². The summed E-state index contributed by atoms with van der Waals surface area (Å²) >= 11 is 0. The third-order valence-electron chi connectivity index (χ3n) is 3.03. The van der Waals surface area contributed by atoms with E-state index in [1.54, 1.807) is 0 Å². The van der Waals surface area contributed by atoms with Crippen molar-refractivity contribution in [2.24, 2.45) is 11.8 Å². The van der Waals surface area contributed by atoms with Gasteiger partial charge in [-0.3, -0.25) is 9.59 Å². The van der Waals surface area contributed by atoms with Gasteiger partial charge in [0.25, 0.3) is 0 Å². The van der Waals surface area contributed by atoms with Crippen LogP contribution in [0.2, 0.25) is 0 Å². The van der Waals surface area contributed by atoms with Crippen molar-refractivity contribution in [3.05, 3.63) is 0 Å². The van der Waals surface area contributed by atoms with Gasteiger partial charge in [0, 0.05) is 12.8 Å². The summed E-state index contributed by atoms with van der Waals surface area (Å²) in [6, 6.07) is 0. The van der Waals surface area contributed by atoms with Crippen LogP contribution >= 0.6 is 0 Å². The van der Waals surface area contributed by atoms with E-state index in [2.05, 4.69) is 0 Å². The zero-order valence-corrected chi connectivity index (χ0v) is 8.11. The van der Waals surface area contributed by atoms with Crippen molar-refractivity contribution in [3.8, 4) is 0 Å². The minimum atomic E-state index is -0.756. The van der Waals surface area contributed by atoms with Crippen LogP contribution in [0.15, 0.2) is 0 Å². The summed E-state index contributed by atoms with van der Waals surface area (Å²) in [5.74, 6) is -0.612. The third kappa shape index (κ3) is 3.36. The van der Waals surface area contributed by atoms with Gasteiger partial charge in [0.15, 0.2) is 0 Å². The van der Waals surface area contributed by atoms with Gasteiger partial charge in [-0.05, 0) is 37.5 Å². The monoisotopic (exact) mass is 200 g/mol. The lowest BCUT2D eigenvalue weighted by atomic mass is 9.69. The van der Waals surface area contributed by atoms with E-state index in [1.807, 2.05) is 0 Å². The van der Waals surface area contributed by atoms with Gasteiger partial charge in [-0.25, -0.2) is 0 Å². The molecule has 1 aliphatic rings. The number of hydrogen-bond acceptors (Lipinski definition) is 2. The normalized spacial score (nSPS) is 25.4. The highest BCUT2D eigenvalue weighted by molar-refractivity contribution is 5.67. The van der Waals surface area contributed by atoms with Crippen molar-refractivity contribution in [3.63, 3.8) is 0 Å². The van der Waals surface area contributed by atoms with Crippen molar-refractivity contribution in [2.45, 2.75) is 38.5 Å². The number of carboxylic acid groups (broad SMARTS) is 2. The lowest BCUT2D eigenvalue weighted by molar-refractivity contribution is -0.139. The molecule has 1 aliphatic carbocycles. The Labute approximate surface area is 82.9 Å². The van der Waals surface area contributed by atoms with Crippen LogP contribution in [0.3, 0.4) is 0 Å². The zero-order chi connectivity index (χ0) is 10.6. The van der Waals surface area contributed by atoms with E-state index < -0.39 is 11.9 Å². The van der Waals surface area contributed by atoms with Crippen LogP contribution in [0.25, 0.3) is 0 Å². The van der Waals surface area contributed by atoms with Gasteiger partial charge in [-0.1, -0.05) is 0 Å². The van der Waals surface area contributed by atoms with Crippen molar-refractivity contribution in [1.29, 1.82) is 0 Å². The molecule has 2 unspecified atom stereocenters. The molecule has 2 N–H and O–H groups in total. The third-order valence-corrected chi connectivity index (χ3v) is 3.03. The molecule has 0 aromatic heterocycles. The quantitative estimate of drug-likeness (QED) is 0.684. The molecule has 2 atom stereocenters. The van der Waals surface area contributed by atoms with E-state index in [1.165, 1.54) is 0 Å². The van der Waals surface area contributed by atoms with E-state index in [4.69, 9.17) is 10.2 Å². The van der Waals surface area contributed by atoms with Crippen LogP contribution < -0.4 is 0 Å². The fourth-order valence-electron chi connectivity index (χ4n) is 2.02. The molecule has 0 aromatic carbocycles. The van der Waals surface area contributed by atoms with Crippen LogP contribution in [0.1, 0.15) is 38.5 Å². The standard InChI is InChI=1S/C10H16O4/c11-9(12)5-3-7-1-2-8(7)4-6-10(13)14/h7-8H,1-6H2,(H,11,12)(H,13,14).